The minimum Gasteiger partial charge on any atom is -0.456 e. The molecule has 1 aromatic heterocycles. The quantitative estimate of drug-likeness (QED) is 0.151. The van der Waals surface area contributed by atoms with Crippen molar-refractivity contribution in [2.45, 2.75) is 139 Å². The summed E-state index contributed by atoms with van der Waals surface area (Å²) in [5.41, 5.74) is 45.9. The summed E-state index contributed by atoms with van der Waals surface area (Å²) in [4.78, 5) is 5.28. The number of rotatable bonds is 8. The molecule has 15 aromatic carbocycles. The van der Waals surface area contributed by atoms with E-state index in [0.717, 1.165) is 64.0 Å². The van der Waals surface area contributed by atoms with Gasteiger partial charge in [-0.2, -0.15) is 0 Å². The first-order chi connectivity index (χ1) is 55.6. The Hall–Kier alpha value is -12.3. The van der Waals surface area contributed by atoms with E-state index >= 15 is 0 Å². The molecule has 24 rings (SSSR count). The highest BCUT2D eigenvalue weighted by molar-refractivity contribution is 6.09. The second kappa shape index (κ2) is 22.6. The molecule has 0 radical (unpaired) electrons. The first kappa shape index (κ1) is 67.2. The van der Waals surface area contributed by atoms with Crippen LogP contribution < -0.4 is 9.80 Å². The van der Waals surface area contributed by atoms with Gasteiger partial charge in [-0.25, -0.2) is 0 Å². The summed E-state index contributed by atoms with van der Waals surface area (Å²) in [7, 11) is 0. The van der Waals surface area contributed by atoms with Gasteiger partial charge in [0.15, 0.2) is 0 Å². The lowest BCUT2D eigenvalue weighted by Crippen LogP contribution is -2.28. The smallest absolute Gasteiger partial charge is 0.135 e. The monoisotopic (exact) mass is 1480 g/mol. The van der Waals surface area contributed by atoms with Gasteiger partial charge in [-0.3, -0.25) is 0 Å². The maximum absolute atomic E-state index is 6.69. The molecule has 16 aromatic rings. The van der Waals surface area contributed by atoms with Gasteiger partial charge in [0.2, 0.25) is 0 Å². The lowest BCUT2D eigenvalue weighted by molar-refractivity contribution is 0.402. The van der Waals surface area contributed by atoms with Gasteiger partial charge in [-0.1, -0.05) is 307 Å². The number of anilines is 6. The molecule has 8 aliphatic rings. The molecule has 0 saturated heterocycles. The van der Waals surface area contributed by atoms with Crippen LogP contribution in [0.1, 0.15) is 184 Å². The van der Waals surface area contributed by atoms with Crippen LogP contribution in [0, 0.1) is 0 Å². The summed E-state index contributed by atoms with van der Waals surface area (Å²) in [5.74, 6) is 0. The third-order valence-corrected chi connectivity index (χ3v) is 29.5. The van der Waals surface area contributed by atoms with Crippen LogP contribution in [-0.2, 0) is 49.7 Å². The average Bonchev–Trinajstić information content (AvgIpc) is 1.50. The number of fused-ring (bicyclic) bond motifs is 31. The first-order valence-electron chi connectivity index (χ1n) is 41.8. The predicted octanol–water partition coefficient (Wildman–Crippen LogP) is 29.0. The van der Waals surface area contributed by atoms with Crippen LogP contribution in [0.3, 0.4) is 0 Å². The number of hydrogen-bond donors (Lipinski definition) is 0. The zero-order valence-electron chi connectivity index (χ0n) is 67.4. The minimum absolute atomic E-state index is 0.0374. The van der Waals surface area contributed by atoms with Crippen molar-refractivity contribution in [2.24, 2.45) is 0 Å². The van der Waals surface area contributed by atoms with Gasteiger partial charge in [-0.05, 0) is 264 Å². The molecular weight excluding hydrogens is 1390 g/mol. The Balaban J connectivity index is 0.709. The summed E-state index contributed by atoms with van der Waals surface area (Å²) in [5, 5.41) is 2.21. The predicted molar refractivity (Wildman–Crippen MR) is 477 cm³/mol. The Bertz CT molecular complexity index is 6960. The van der Waals surface area contributed by atoms with E-state index in [9.17, 15) is 0 Å². The highest BCUT2D eigenvalue weighted by atomic mass is 16.3. The molecular formula is C112H90N2O. The van der Waals surface area contributed by atoms with E-state index in [1.807, 2.05) is 0 Å². The van der Waals surface area contributed by atoms with Crippen molar-refractivity contribution < 1.29 is 4.42 Å². The summed E-state index contributed by atoms with van der Waals surface area (Å²) in [6.45, 7) is 27.3. The van der Waals surface area contributed by atoms with Crippen molar-refractivity contribution in [3.63, 3.8) is 0 Å². The van der Waals surface area contributed by atoms with Gasteiger partial charge in [0.25, 0.3) is 0 Å². The Morgan fingerprint density at radius 3 is 1.31 bits per heavy atom. The van der Waals surface area contributed by atoms with Crippen molar-refractivity contribution in [2.75, 3.05) is 9.80 Å². The summed E-state index contributed by atoms with van der Waals surface area (Å²) >= 11 is 0. The van der Waals surface area contributed by atoms with Crippen molar-refractivity contribution >= 4 is 56.1 Å². The molecule has 115 heavy (non-hydrogen) atoms. The number of benzene rings is 15. The van der Waals surface area contributed by atoms with E-state index in [1.54, 1.807) is 0 Å². The topological polar surface area (TPSA) is 19.6 Å². The summed E-state index contributed by atoms with van der Waals surface area (Å²) in [6, 6.07) is 121. The largest absolute Gasteiger partial charge is 0.456 e. The van der Waals surface area contributed by atoms with Gasteiger partial charge in [-0.15, -0.1) is 0 Å². The van der Waals surface area contributed by atoms with Crippen LogP contribution in [0.15, 0.2) is 314 Å². The molecule has 2 unspecified atom stereocenters. The molecule has 0 saturated carbocycles. The molecule has 2 spiro atoms. The fourth-order valence-electron chi connectivity index (χ4n) is 25.3. The standard InChI is InChI=1S/C112H90N2O/c1-105(2)64-107(5,6)95-61-90-80(59-93(95)105)102-88(109(90,9)10)44-28-47-98(102)114(67-30-13-12-14-31-67)99-48-27-38-77-73-35-18-24-42-85(73)112(104(77)99)86-43-25-19-36-74(86)78-56-66(50-54-87(78)112)63-110(11)89-45-29-46-97(103(89)81-60-94-96(62-91(81)110)108(7,8)65-106(94,3)4)113(68-52-55-101-79(57-68)76-37-20-26-49-100(76)115-101)69-51-53-75-72-34-17-23-41-84(72)111(92(75)58-69)82-39-21-15-32-70(82)71-33-16-22-40-83(71)111/h12-62H,63-65H2,1-11H3. The van der Waals surface area contributed by atoms with E-state index in [4.69, 9.17) is 4.42 Å². The molecule has 0 fully saturated rings. The number of para-hydroxylation sites is 2. The average molecular weight is 1480 g/mol. The van der Waals surface area contributed by atoms with Gasteiger partial charge in [0.05, 0.1) is 27.9 Å². The molecule has 0 aliphatic heterocycles. The summed E-state index contributed by atoms with van der Waals surface area (Å²) < 4.78 is 6.69. The van der Waals surface area contributed by atoms with E-state index in [0.29, 0.717) is 0 Å². The van der Waals surface area contributed by atoms with Crippen molar-refractivity contribution in [1.29, 1.82) is 0 Å². The second-order valence-electron chi connectivity index (χ2n) is 38.1. The third-order valence-electron chi connectivity index (χ3n) is 29.5. The maximum Gasteiger partial charge on any atom is 0.135 e. The van der Waals surface area contributed by atoms with Crippen LogP contribution in [0.2, 0.25) is 0 Å². The van der Waals surface area contributed by atoms with Crippen LogP contribution in [0.5, 0.6) is 0 Å². The molecule has 0 N–H and O–H groups in total. The number of furan rings is 1. The Morgan fingerprint density at radius 1 is 0.252 bits per heavy atom. The minimum atomic E-state index is -0.671. The lowest BCUT2D eigenvalue weighted by Gasteiger charge is -2.36. The van der Waals surface area contributed by atoms with Gasteiger partial charge in [0.1, 0.15) is 11.2 Å². The fraction of sp³-hybridized carbons (Fsp3) is 0.196. The Morgan fingerprint density at radius 2 is 0.687 bits per heavy atom. The van der Waals surface area contributed by atoms with Crippen LogP contribution in [0.4, 0.5) is 34.1 Å². The number of hydrogen-bond acceptors (Lipinski definition) is 3. The Labute approximate surface area is 675 Å². The SMILES string of the molecule is CC1(C)CC(C)(C)c2cc3c(cc21)-c1c(N(c2ccccc2)c2cccc4c2C2(c5ccccc5-c5cc(CC6(C)c7cc8c(cc7-c7c(N(c9ccc%10c(c9)C9(c%11ccccc%11-c%11ccccc%119)c9ccccc9-%10)c9ccc%10oc%11ccccc%11c%10c9)cccc76)C(C)(C)CC8(C)C)ccc52)c2ccccc2-4)cccc1C3(C)C. The molecule has 554 valence electrons. The summed E-state index contributed by atoms with van der Waals surface area (Å²) in [6.07, 6.45) is 2.97. The van der Waals surface area contributed by atoms with E-state index < -0.39 is 16.2 Å². The van der Waals surface area contributed by atoms with Crippen LogP contribution >= 0.6 is 0 Å². The zero-order chi connectivity index (χ0) is 77.6. The highest BCUT2D eigenvalue weighted by Crippen LogP contribution is 2.70. The lowest BCUT2D eigenvalue weighted by atomic mass is 9.69. The second-order valence-corrected chi connectivity index (χ2v) is 38.1. The van der Waals surface area contributed by atoms with Crippen molar-refractivity contribution in [1.82, 2.24) is 0 Å². The maximum atomic E-state index is 6.69. The van der Waals surface area contributed by atoms with Gasteiger partial charge < -0.3 is 14.2 Å². The third kappa shape index (κ3) is 8.56. The van der Waals surface area contributed by atoms with E-state index in [1.165, 1.54) is 173 Å². The molecule has 2 atom stereocenters. The van der Waals surface area contributed by atoms with Crippen molar-refractivity contribution in [3.05, 3.63) is 404 Å². The van der Waals surface area contributed by atoms with E-state index in [-0.39, 0.29) is 27.1 Å². The van der Waals surface area contributed by atoms with Crippen LogP contribution in [0.25, 0.3) is 88.7 Å². The van der Waals surface area contributed by atoms with Gasteiger partial charge >= 0.3 is 0 Å². The molecule has 3 heteroatoms. The zero-order valence-corrected chi connectivity index (χ0v) is 67.4. The van der Waals surface area contributed by atoms with Crippen LogP contribution in [-0.4, -0.2) is 0 Å². The van der Waals surface area contributed by atoms with Gasteiger partial charge in [0, 0.05) is 55.4 Å². The number of nitrogens with zero attached hydrogens (tertiary/aromatic N) is 2. The normalized spacial score (nSPS) is 19.2. The molecule has 1 heterocycles. The molecule has 0 amide bonds. The molecule has 3 nitrogen and oxygen atoms in total. The molecule has 8 aliphatic carbocycles. The first-order valence-corrected chi connectivity index (χ1v) is 41.8. The molecule has 0 bridgehead atoms. The fourth-order valence-corrected chi connectivity index (χ4v) is 25.3. The highest BCUT2D eigenvalue weighted by Gasteiger charge is 2.57. The van der Waals surface area contributed by atoms with Crippen molar-refractivity contribution in [3.8, 4) is 66.8 Å². The Kier molecular flexibility index (Phi) is 13.2. The van der Waals surface area contributed by atoms with E-state index in [2.05, 4.69) is 395 Å².